The van der Waals surface area contributed by atoms with Crippen LogP contribution in [0.5, 0.6) is 0 Å². The standard InChI is InChI=1S/C5H2ClN3O/c6-4-3-1-2-10-5(3)8-9-7-4/h1-2H. The largest absolute Gasteiger partial charge is 0.445 e. The SMILES string of the molecule is Clc1nnnc2occc12. The van der Waals surface area contributed by atoms with Crippen LogP contribution < -0.4 is 0 Å². The van der Waals surface area contributed by atoms with Crippen LogP contribution in [0.3, 0.4) is 0 Å². The Morgan fingerprint density at radius 1 is 1.40 bits per heavy atom. The van der Waals surface area contributed by atoms with Gasteiger partial charge in [-0.25, -0.2) is 0 Å². The molecular formula is C5H2ClN3O. The van der Waals surface area contributed by atoms with Crippen LogP contribution in [0, 0.1) is 0 Å². The van der Waals surface area contributed by atoms with Crippen LogP contribution in [0.15, 0.2) is 16.7 Å². The molecule has 0 saturated heterocycles. The smallest absolute Gasteiger partial charge is 0.250 e. The zero-order valence-electron chi connectivity index (χ0n) is 4.78. The minimum absolute atomic E-state index is 0.318. The summed E-state index contributed by atoms with van der Waals surface area (Å²) in [6.07, 6.45) is 1.49. The van der Waals surface area contributed by atoms with Crippen LogP contribution in [-0.2, 0) is 0 Å². The van der Waals surface area contributed by atoms with Crippen molar-refractivity contribution >= 4 is 22.7 Å². The lowest BCUT2D eigenvalue weighted by molar-refractivity contribution is 0.592. The molecule has 0 aromatic carbocycles. The third-order valence-corrected chi connectivity index (χ3v) is 1.41. The summed E-state index contributed by atoms with van der Waals surface area (Å²) in [5.41, 5.74) is 0.417. The fourth-order valence-electron chi connectivity index (χ4n) is 0.692. The summed E-state index contributed by atoms with van der Waals surface area (Å²) in [4.78, 5) is 0. The average molecular weight is 156 g/mol. The van der Waals surface area contributed by atoms with E-state index in [-0.39, 0.29) is 0 Å². The molecule has 0 fully saturated rings. The highest BCUT2D eigenvalue weighted by atomic mass is 35.5. The number of rotatable bonds is 0. The predicted octanol–water partition coefficient (Wildman–Crippen LogP) is 1.27. The third kappa shape index (κ3) is 0.657. The van der Waals surface area contributed by atoms with Gasteiger partial charge in [0.25, 0.3) is 5.71 Å². The second-order valence-corrected chi connectivity index (χ2v) is 2.08. The van der Waals surface area contributed by atoms with Gasteiger partial charge in [-0.15, -0.1) is 5.10 Å². The first-order valence-electron chi connectivity index (χ1n) is 2.60. The number of hydrogen-bond acceptors (Lipinski definition) is 4. The third-order valence-electron chi connectivity index (χ3n) is 1.14. The molecule has 0 saturated carbocycles. The number of fused-ring (bicyclic) bond motifs is 1. The van der Waals surface area contributed by atoms with Crippen LogP contribution in [-0.4, -0.2) is 15.4 Å². The van der Waals surface area contributed by atoms with Gasteiger partial charge < -0.3 is 4.42 Å². The summed E-state index contributed by atoms with van der Waals surface area (Å²) in [6, 6.07) is 1.69. The van der Waals surface area contributed by atoms with Crippen molar-refractivity contribution in [3.8, 4) is 0 Å². The van der Waals surface area contributed by atoms with Crippen LogP contribution in [0.1, 0.15) is 0 Å². The van der Waals surface area contributed by atoms with E-state index in [9.17, 15) is 0 Å². The Balaban J connectivity index is 2.95. The van der Waals surface area contributed by atoms with Crippen LogP contribution in [0.2, 0.25) is 5.15 Å². The molecular weight excluding hydrogens is 154 g/mol. The van der Waals surface area contributed by atoms with Crippen molar-refractivity contribution in [2.24, 2.45) is 0 Å². The van der Waals surface area contributed by atoms with Crippen molar-refractivity contribution in [3.05, 3.63) is 17.5 Å². The Labute approximate surface area is 60.8 Å². The van der Waals surface area contributed by atoms with Gasteiger partial charge in [0.1, 0.15) is 0 Å². The minimum Gasteiger partial charge on any atom is -0.445 e. The summed E-state index contributed by atoms with van der Waals surface area (Å²) >= 11 is 5.62. The Morgan fingerprint density at radius 3 is 3.10 bits per heavy atom. The molecule has 2 aromatic heterocycles. The van der Waals surface area contributed by atoms with E-state index in [1.165, 1.54) is 6.26 Å². The molecule has 0 radical (unpaired) electrons. The first-order chi connectivity index (χ1) is 4.88. The molecule has 0 aliphatic rings. The number of halogens is 1. The number of hydrogen-bond donors (Lipinski definition) is 0. The van der Waals surface area contributed by atoms with E-state index in [0.717, 1.165) is 0 Å². The topological polar surface area (TPSA) is 51.8 Å². The molecule has 2 rings (SSSR count). The molecule has 0 amide bonds. The molecule has 50 valence electrons. The highest BCUT2D eigenvalue weighted by Crippen LogP contribution is 2.17. The summed E-state index contributed by atoms with van der Waals surface area (Å²) in [6.45, 7) is 0. The predicted molar refractivity (Wildman–Crippen MR) is 34.6 cm³/mol. The highest BCUT2D eigenvalue weighted by molar-refractivity contribution is 6.33. The molecule has 2 heterocycles. The van der Waals surface area contributed by atoms with E-state index >= 15 is 0 Å². The van der Waals surface area contributed by atoms with Crippen molar-refractivity contribution < 1.29 is 4.42 Å². The van der Waals surface area contributed by atoms with Gasteiger partial charge in [-0.2, -0.15) is 0 Å². The molecule has 2 aromatic rings. The van der Waals surface area contributed by atoms with Crippen molar-refractivity contribution in [2.75, 3.05) is 0 Å². The van der Waals surface area contributed by atoms with Gasteiger partial charge in [-0.3, -0.25) is 0 Å². The quantitative estimate of drug-likeness (QED) is 0.575. The van der Waals surface area contributed by atoms with Gasteiger partial charge in [0, 0.05) is 0 Å². The number of furan rings is 1. The Bertz CT molecular complexity index is 358. The van der Waals surface area contributed by atoms with Gasteiger partial charge in [0.2, 0.25) is 0 Å². The first kappa shape index (κ1) is 5.61. The first-order valence-corrected chi connectivity index (χ1v) is 2.98. The number of aromatic nitrogens is 3. The Morgan fingerprint density at radius 2 is 2.30 bits per heavy atom. The summed E-state index contributed by atoms with van der Waals surface area (Å²) in [7, 11) is 0. The van der Waals surface area contributed by atoms with Crippen LogP contribution >= 0.6 is 11.6 Å². The van der Waals surface area contributed by atoms with Crippen molar-refractivity contribution in [1.82, 2.24) is 15.4 Å². The van der Waals surface area contributed by atoms with Crippen LogP contribution in [0.4, 0.5) is 0 Å². The van der Waals surface area contributed by atoms with Gasteiger partial charge in [0.15, 0.2) is 5.15 Å². The second-order valence-electron chi connectivity index (χ2n) is 1.72. The molecule has 0 bridgehead atoms. The van der Waals surface area contributed by atoms with E-state index in [1.807, 2.05) is 0 Å². The molecule has 0 aliphatic heterocycles. The molecule has 4 nitrogen and oxygen atoms in total. The van der Waals surface area contributed by atoms with Crippen molar-refractivity contribution in [1.29, 1.82) is 0 Å². The van der Waals surface area contributed by atoms with Gasteiger partial charge >= 0.3 is 0 Å². The molecule has 0 aliphatic carbocycles. The van der Waals surface area contributed by atoms with E-state index in [2.05, 4.69) is 15.4 Å². The maximum Gasteiger partial charge on any atom is 0.250 e. The van der Waals surface area contributed by atoms with Crippen molar-refractivity contribution in [2.45, 2.75) is 0 Å². The summed E-state index contributed by atoms with van der Waals surface area (Å²) in [5, 5.41) is 11.5. The van der Waals surface area contributed by atoms with E-state index in [1.54, 1.807) is 6.07 Å². The fraction of sp³-hybridized carbons (Fsp3) is 0. The van der Waals surface area contributed by atoms with Crippen molar-refractivity contribution in [3.63, 3.8) is 0 Å². The monoisotopic (exact) mass is 155 g/mol. The minimum atomic E-state index is 0.318. The normalized spacial score (nSPS) is 10.5. The second kappa shape index (κ2) is 1.91. The molecule has 0 N–H and O–H groups in total. The lowest BCUT2D eigenvalue weighted by atomic mass is 10.4. The maximum absolute atomic E-state index is 5.62. The molecule has 0 spiro atoms. The van der Waals surface area contributed by atoms with Gasteiger partial charge in [0.05, 0.1) is 11.6 Å². The lowest BCUT2D eigenvalue weighted by Crippen LogP contribution is -1.85. The van der Waals surface area contributed by atoms with E-state index in [0.29, 0.717) is 16.3 Å². The molecule has 5 heteroatoms. The van der Waals surface area contributed by atoms with Gasteiger partial charge in [-0.05, 0) is 11.3 Å². The van der Waals surface area contributed by atoms with Crippen LogP contribution in [0.25, 0.3) is 11.1 Å². The summed E-state index contributed by atoms with van der Waals surface area (Å²) in [5.74, 6) is 0. The number of nitrogens with zero attached hydrogens (tertiary/aromatic N) is 3. The summed E-state index contributed by atoms with van der Waals surface area (Å²) < 4.78 is 4.90. The van der Waals surface area contributed by atoms with E-state index in [4.69, 9.17) is 16.0 Å². The fourth-order valence-corrected chi connectivity index (χ4v) is 0.869. The molecule has 10 heavy (non-hydrogen) atoms. The Kier molecular flexibility index (Phi) is 1.07. The lowest BCUT2D eigenvalue weighted by Gasteiger charge is -1.84. The molecule has 0 atom stereocenters. The molecule has 0 unspecified atom stereocenters. The Hall–Kier alpha value is -1.16. The van der Waals surface area contributed by atoms with E-state index < -0.39 is 0 Å². The maximum atomic E-state index is 5.62. The van der Waals surface area contributed by atoms with Gasteiger partial charge in [-0.1, -0.05) is 16.7 Å². The highest BCUT2D eigenvalue weighted by Gasteiger charge is 2.02. The zero-order chi connectivity index (χ0) is 6.97. The zero-order valence-corrected chi connectivity index (χ0v) is 5.54. The average Bonchev–Trinajstić information content (AvgIpc) is 2.36.